The molecule has 0 bridgehead atoms. The number of likely N-dealkylation sites (tertiary alicyclic amines) is 1. The van der Waals surface area contributed by atoms with E-state index < -0.39 is 0 Å². The molecule has 5 rings (SSSR count). The lowest BCUT2D eigenvalue weighted by Gasteiger charge is -2.32. The van der Waals surface area contributed by atoms with Gasteiger partial charge in [0.1, 0.15) is 5.82 Å². The molecule has 4 aromatic rings. The van der Waals surface area contributed by atoms with Crippen LogP contribution in [0.4, 0.5) is 0 Å². The van der Waals surface area contributed by atoms with E-state index in [-0.39, 0.29) is 22.9 Å². The van der Waals surface area contributed by atoms with E-state index in [4.69, 9.17) is 4.98 Å². The van der Waals surface area contributed by atoms with Gasteiger partial charge in [-0.1, -0.05) is 59.3 Å². The highest BCUT2D eigenvalue weighted by Crippen LogP contribution is 2.25. The smallest absolute Gasteiger partial charge is 0.281 e. The van der Waals surface area contributed by atoms with Crippen LogP contribution in [0.3, 0.4) is 0 Å². The number of nitrogens with zero attached hydrogens (tertiary/aromatic N) is 5. The summed E-state index contributed by atoms with van der Waals surface area (Å²) in [5.74, 6) is 0.662. The molecule has 1 fully saturated rings. The Bertz CT molecular complexity index is 1390. The van der Waals surface area contributed by atoms with Gasteiger partial charge < -0.3 is 9.88 Å². The molecule has 0 saturated carbocycles. The summed E-state index contributed by atoms with van der Waals surface area (Å²) in [5, 5.41) is 8.30. The van der Waals surface area contributed by atoms with Crippen molar-refractivity contribution in [3.05, 3.63) is 87.0 Å². The molecule has 1 unspecified atom stereocenters. The van der Waals surface area contributed by atoms with Crippen molar-refractivity contribution in [2.45, 2.75) is 45.6 Å². The van der Waals surface area contributed by atoms with E-state index in [9.17, 15) is 9.59 Å². The number of amides is 1. The maximum absolute atomic E-state index is 12.9. The predicted octanol–water partition coefficient (Wildman–Crippen LogP) is 3.13. The summed E-state index contributed by atoms with van der Waals surface area (Å²) in [7, 11) is 0. The molecule has 0 spiro atoms. The molecule has 1 atom stereocenters. The van der Waals surface area contributed by atoms with E-state index in [2.05, 4.69) is 47.3 Å². The van der Waals surface area contributed by atoms with Gasteiger partial charge in [0.25, 0.3) is 5.56 Å². The fraction of sp³-hybridized carbons (Fsp3) is 0.346. The number of H-pyrrole nitrogens is 1. The molecule has 8 nitrogen and oxygen atoms in total. The van der Waals surface area contributed by atoms with E-state index in [1.807, 2.05) is 35.2 Å². The minimum Gasteiger partial charge on any atom is -0.342 e. The van der Waals surface area contributed by atoms with Crippen molar-refractivity contribution >= 4 is 17.1 Å². The highest BCUT2D eigenvalue weighted by atomic mass is 16.2. The summed E-state index contributed by atoms with van der Waals surface area (Å²) in [6, 6.07) is 16.1. The Morgan fingerprint density at radius 2 is 1.97 bits per heavy atom. The molecule has 174 valence electrons. The van der Waals surface area contributed by atoms with Crippen molar-refractivity contribution in [3.8, 4) is 0 Å². The zero-order valence-corrected chi connectivity index (χ0v) is 19.5. The minimum atomic E-state index is -0.292. The fourth-order valence-electron chi connectivity index (χ4n) is 4.62. The molecular weight excluding hydrogens is 428 g/mol. The number of fused-ring (bicyclic) bond motifs is 1. The predicted molar refractivity (Wildman–Crippen MR) is 130 cm³/mol. The van der Waals surface area contributed by atoms with Crippen LogP contribution in [0.1, 0.15) is 46.8 Å². The van der Waals surface area contributed by atoms with Crippen LogP contribution in [0.15, 0.2) is 53.3 Å². The van der Waals surface area contributed by atoms with Crippen molar-refractivity contribution in [2.24, 2.45) is 0 Å². The summed E-state index contributed by atoms with van der Waals surface area (Å²) in [6.07, 6.45) is 2.11. The second kappa shape index (κ2) is 9.21. The van der Waals surface area contributed by atoms with Crippen LogP contribution >= 0.6 is 0 Å². The Balaban J connectivity index is 1.40. The standard InChI is InChI=1S/C26H28N6O2/c1-17-10-11-18(2)21(13-17)16-32-25-23(29-30-32)26(34)28-24(27-25)20-9-6-12-31(15-20)22(33)14-19-7-4-3-5-8-19/h3-5,7-8,10-11,13,20H,6,9,12,14-16H2,1-2H3,(H,27,28,34). The lowest BCUT2D eigenvalue weighted by molar-refractivity contribution is -0.131. The monoisotopic (exact) mass is 456 g/mol. The van der Waals surface area contributed by atoms with Gasteiger partial charge in [-0.15, -0.1) is 5.10 Å². The number of carbonyl (C=O) groups excluding carboxylic acids is 1. The number of carbonyl (C=O) groups is 1. The number of nitrogens with one attached hydrogen (secondary N) is 1. The number of benzene rings is 2. The molecule has 1 saturated heterocycles. The summed E-state index contributed by atoms with van der Waals surface area (Å²) >= 11 is 0. The topological polar surface area (TPSA) is 96.8 Å². The van der Waals surface area contributed by atoms with Crippen molar-refractivity contribution < 1.29 is 4.79 Å². The van der Waals surface area contributed by atoms with E-state index in [1.165, 1.54) is 5.56 Å². The van der Waals surface area contributed by atoms with Crippen LogP contribution in [-0.4, -0.2) is 48.9 Å². The number of piperidine rings is 1. The second-order valence-corrected chi connectivity index (χ2v) is 9.14. The molecule has 0 radical (unpaired) electrons. The van der Waals surface area contributed by atoms with E-state index in [1.54, 1.807) is 4.68 Å². The average molecular weight is 457 g/mol. The highest BCUT2D eigenvalue weighted by molar-refractivity contribution is 5.79. The first-order valence-corrected chi connectivity index (χ1v) is 11.7. The van der Waals surface area contributed by atoms with E-state index in [0.29, 0.717) is 31.0 Å². The fourth-order valence-corrected chi connectivity index (χ4v) is 4.62. The highest BCUT2D eigenvalue weighted by Gasteiger charge is 2.27. The first kappa shape index (κ1) is 22.0. The minimum absolute atomic E-state index is 0.0328. The summed E-state index contributed by atoms with van der Waals surface area (Å²) in [5.41, 5.74) is 4.86. The zero-order valence-electron chi connectivity index (χ0n) is 19.5. The van der Waals surface area contributed by atoms with Crippen LogP contribution in [0, 0.1) is 13.8 Å². The maximum Gasteiger partial charge on any atom is 0.281 e. The molecular formula is C26H28N6O2. The molecule has 2 aromatic carbocycles. The van der Waals surface area contributed by atoms with Gasteiger partial charge in [-0.2, -0.15) is 0 Å². The van der Waals surface area contributed by atoms with Gasteiger partial charge in [0, 0.05) is 19.0 Å². The van der Waals surface area contributed by atoms with Crippen LogP contribution < -0.4 is 5.56 Å². The quantitative estimate of drug-likeness (QED) is 0.498. The molecule has 34 heavy (non-hydrogen) atoms. The van der Waals surface area contributed by atoms with Gasteiger partial charge in [0.15, 0.2) is 11.2 Å². The molecule has 1 aliphatic rings. The number of rotatable bonds is 5. The van der Waals surface area contributed by atoms with Crippen molar-refractivity contribution in [3.63, 3.8) is 0 Å². The van der Waals surface area contributed by atoms with Crippen LogP contribution in [0.2, 0.25) is 0 Å². The third kappa shape index (κ3) is 4.48. The lowest BCUT2D eigenvalue weighted by Crippen LogP contribution is -2.40. The van der Waals surface area contributed by atoms with Crippen molar-refractivity contribution in [1.29, 1.82) is 0 Å². The molecule has 1 aliphatic heterocycles. The van der Waals surface area contributed by atoms with Gasteiger partial charge >= 0.3 is 0 Å². The summed E-state index contributed by atoms with van der Waals surface area (Å²) in [4.78, 5) is 35.3. The Labute approximate surface area is 197 Å². The third-order valence-electron chi connectivity index (χ3n) is 6.58. The largest absolute Gasteiger partial charge is 0.342 e. The van der Waals surface area contributed by atoms with Gasteiger partial charge in [-0.25, -0.2) is 9.67 Å². The molecule has 0 aliphatic carbocycles. The average Bonchev–Trinajstić information content (AvgIpc) is 3.25. The molecule has 1 N–H and O–H groups in total. The first-order valence-electron chi connectivity index (χ1n) is 11.7. The van der Waals surface area contributed by atoms with Gasteiger partial charge in [-0.3, -0.25) is 9.59 Å². The van der Waals surface area contributed by atoms with Crippen molar-refractivity contribution in [2.75, 3.05) is 13.1 Å². The SMILES string of the molecule is Cc1ccc(C)c(Cn2nnc3c(=O)[nH]c(C4CCCN(C(=O)Cc5ccccc5)C4)nc32)c1. The second-order valence-electron chi connectivity index (χ2n) is 9.14. The Morgan fingerprint density at radius 3 is 2.79 bits per heavy atom. The van der Waals surface area contributed by atoms with E-state index >= 15 is 0 Å². The summed E-state index contributed by atoms with van der Waals surface area (Å²) in [6.45, 7) is 5.87. The molecule has 3 heterocycles. The third-order valence-corrected chi connectivity index (χ3v) is 6.58. The molecule has 8 heteroatoms. The number of hydrogen-bond acceptors (Lipinski definition) is 5. The Morgan fingerprint density at radius 1 is 1.15 bits per heavy atom. The number of hydrogen-bond donors (Lipinski definition) is 1. The lowest BCUT2D eigenvalue weighted by atomic mass is 9.96. The molecule has 2 aromatic heterocycles. The Kier molecular flexibility index (Phi) is 5.96. The van der Waals surface area contributed by atoms with Crippen LogP contribution in [0.5, 0.6) is 0 Å². The maximum atomic E-state index is 12.9. The Hall–Kier alpha value is -3.81. The van der Waals surface area contributed by atoms with E-state index in [0.717, 1.165) is 36.1 Å². The van der Waals surface area contributed by atoms with Gasteiger partial charge in [0.2, 0.25) is 5.91 Å². The zero-order chi connectivity index (χ0) is 23.7. The van der Waals surface area contributed by atoms with Gasteiger partial charge in [0.05, 0.1) is 13.0 Å². The number of aromatic nitrogens is 5. The first-order chi connectivity index (χ1) is 16.5. The number of aromatic amines is 1. The molecule has 1 amide bonds. The number of aryl methyl sites for hydroxylation is 2. The van der Waals surface area contributed by atoms with Crippen molar-refractivity contribution in [1.82, 2.24) is 29.9 Å². The normalized spacial score (nSPS) is 16.2. The van der Waals surface area contributed by atoms with Crippen LogP contribution in [0.25, 0.3) is 11.2 Å². The van der Waals surface area contributed by atoms with Gasteiger partial charge in [-0.05, 0) is 43.4 Å². The summed E-state index contributed by atoms with van der Waals surface area (Å²) < 4.78 is 1.69. The van der Waals surface area contributed by atoms with Crippen LogP contribution in [-0.2, 0) is 17.8 Å².